The summed E-state index contributed by atoms with van der Waals surface area (Å²) in [5.74, 6) is 3.98. The molecule has 7 heteroatoms. The number of amides is 1. The van der Waals surface area contributed by atoms with Crippen LogP contribution in [0.5, 0.6) is 0 Å². The number of anilines is 1. The molecule has 7 atom stereocenters. The van der Waals surface area contributed by atoms with Crippen LogP contribution in [0.4, 0.5) is 5.69 Å². The van der Waals surface area contributed by atoms with Crippen LogP contribution in [0.2, 0.25) is 0 Å². The lowest BCUT2D eigenvalue weighted by Gasteiger charge is -2.63. The van der Waals surface area contributed by atoms with E-state index < -0.39 is 0 Å². The second-order valence-corrected chi connectivity index (χ2v) is 13.9. The van der Waals surface area contributed by atoms with Crippen molar-refractivity contribution < 1.29 is 14.3 Å². The summed E-state index contributed by atoms with van der Waals surface area (Å²) < 4.78 is 6.08. The van der Waals surface area contributed by atoms with Crippen molar-refractivity contribution >= 4 is 40.8 Å². The standard InChI is InChI=1S/C32H46Cl2N2O3/c1-31-14-12-25(39-30(38)20-22-4-7-24(8-5-22)36(18-16-33)19-17-34)21-23(31)6-9-26-27(31)13-15-32(2)28(26)10-11-29(37)35(32)3/h4-5,7-8,23,25-28H,6,9-21H2,1-3H3/t23-,25-,26+,27-,28-,31-,32-/m0/s1. The second kappa shape index (κ2) is 11.8. The summed E-state index contributed by atoms with van der Waals surface area (Å²) in [6.07, 6.45) is 10.0. The molecule has 216 valence electrons. The average Bonchev–Trinajstić information content (AvgIpc) is 2.91. The van der Waals surface area contributed by atoms with Gasteiger partial charge in [-0.2, -0.15) is 0 Å². The average molecular weight is 578 g/mol. The third-order valence-electron chi connectivity index (χ3n) is 11.4. The lowest BCUT2D eigenvalue weighted by Crippen LogP contribution is -2.64. The van der Waals surface area contributed by atoms with Crippen molar-refractivity contribution in [3.63, 3.8) is 0 Å². The number of rotatable bonds is 8. The number of hydrogen-bond acceptors (Lipinski definition) is 4. The van der Waals surface area contributed by atoms with Gasteiger partial charge in [-0.25, -0.2) is 0 Å². The van der Waals surface area contributed by atoms with Crippen molar-refractivity contribution in [1.29, 1.82) is 0 Å². The van der Waals surface area contributed by atoms with Gasteiger partial charge in [-0.3, -0.25) is 9.59 Å². The van der Waals surface area contributed by atoms with Gasteiger partial charge in [0.2, 0.25) is 5.91 Å². The fourth-order valence-electron chi connectivity index (χ4n) is 9.09. The fourth-order valence-corrected chi connectivity index (χ4v) is 9.50. The highest BCUT2D eigenvalue weighted by Crippen LogP contribution is 2.63. The summed E-state index contributed by atoms with van der Waals surface area (Å²) >= 11 is 11.9. The van der Waals surface area contributed by atoms with Crippen LogP contribution in [0, 0.1) is 29.1 Å². The molecule has 0 spiro atoms. The van der Waals surface area contributed by atoms with E-state index in [4.69, 9.17) is 27.9 Å². The Morgan fingerprint density at radius 3 is 2.41 bits per heavy atom. The SMILES string of the molecule is CN1C(=O)CC[C@H]2[C@@H]3CC[C@H]4C[C@@H](OC(=O)Cc5ccc(N(CCCl)CCCl)cc5)CC[C@]4(C)[C@H]3CC[C@@]21C. The third kappa shape index (κ3) is 5.56. The van der Waals surface area contributed by atoms with E-state index in [-0.39, 0.29) is 17.6 Å². The molecule has 0 radical (unpaired) electrons. The van der Waals surface area contributed by atoms with Crippen LogP contribution in [0.15, 0.2) is 24.3 Å². The van der Waals surface area contributed by atoms with Gasteiger partial charge >= 0.3 is 5.97 Å². The van der Waals surface area contributed by atoms with Crippen molar-refractivity contribution in [3.8, 4) is 0 Å². The van der Waals surface area contributed by atoms with E-state index in [1.54, 1.807) is 0 Å². The minimum atomic E-state index is -0.119. The number of likely N-dealkylation sites (tertiary alicyclic amines) is 1. The Morgan fingerprint density at radius 1 is 1.00 bits per heavy atom. The molecular weight excluding hydrogens is 531 g/mol. The fraction of sp³-hybridized carbons (Fsp3) is 0.750. The van der Waals surface area contributed by atoms with Gasteiger partial charge in [-0.1, -0.05) is 19.1 Å². The summed E-state index contributed by atoms with van der Waals surface area (Å²) in [7, 11) is 2.04. The maximum Gasteiger partial charge on any atom is 0.310 e. The second-order valence-electron chi connectivity index (χ2n) is 13.1. The number of piperidine rings is 1. The van der Waals surface area contributed by atoms with Crippen molar-refractivity contribution in [2.45, 2.75) is 89.7 Å². The highest BCUT2D eigenvalue weighted by molar-refractivity contribution is 6.18. The summed E-state index contributed by atoms with van der Waals surface area (Å²) in [6.45, 7) is 6.37. The van der Waals surface area contributed by atoms with Crippen LogP contribution in [0.1, 0.15) is 77.2 Å². The Kier molecular flexibility index (Phi) is 8.79. The number of carbonyl (C=O) groups is 2. The van der Waals surface area contributed by atoms with Crippen LogP contribution in [0.25, 0.3) is 0 Å². The largest absolute Gasteiger partial charge is 0.462 e. The van der Waals surface area contributed by atoms with Crippen LogP contribution in [0.3, 0.4) is 0 Å². The van der Waals surface area contributed by atoms with Crippen molar-refractivity contribution in [3.05, 3.63) is 29.8 Å². The van der Waals surface area contributed by atoms with Crippen molar-refractivity contribution in [2.24, 2.45) is 29.1 Å². The number of halogens is 2. The van der Waals surface area contributed by atoms with Crippen LogP contribution >= 0.6 is 23.2 Å². The Balaban J connectivity index is 1.17. The molecule has 3 aliphatic carbocycles. The van der Waals surface area contributed by atoms with Crippen LogP contribution in [-0.4, -0.2) is 60.3 Å². The molecule has 4 aliphatic rings. The molecule has 0 unspecified atom stereocenters. The first-order valence-corrected chi connectivity index (χ1v) is 16.2. The predicted molar refractivity (Wildman–Crippen MR) is 158 cm³/mol. The first-order valence-electron chi connectivity index (χ1n) is 15.1. The number of nitrogens with zero attached hydrogens (tertiary/aromatic N) is 2. The predicted octanol–water partition coefficient (Wildman–Crippen LogP) is 6.68. The maximum absolute atomic E-state index is 12.9. The van der Waals surface area contributed by atoms with Gasteiger partial charge in [0.15, 0.2) is 0 Å². The first kappa shape index (κ1) is 29.0. The minimum absolute atomic E-state index is 0.0249. The number of ether oxygens (including phenoxy) is 1. The van der Waals surface area contributed by atoms with Crippen molar-refractivity contribution in [2.75, 3.05) is 36.8 Å². The van der Waals surface area contributed by atoms with E-state index in [0.29, 0.717) is 53.7 Å². The Labute approximate surface area is 244 Å². The number of carbonyl (C=O) groups excluding carboxylic acids is 2. The molecule has 4 fully saturated rings. The molecule has 0 bridgehead atoms. The maximum atomic E-state index is 12.9. The molecule has 5 nitrogen and oxygen atoms in total. The molecule has 1 aromatic carbocycles. The molecule has 1 heterocycles. The summed E-state index contributed by atoms with van der Waals surface area (Å²) in [4.78, 5) is 29.7. The molecule has 0 N–H and O–H groups in total. The Hall–Kier alpha value is -1.46. The Bertz CT molecular complexity index is 1030. The van der Waals surface area contributed by atoms with E-state index in [0.717, 1.165) is 62.4 Å². The van der Waals surface area contributed by atoms with E-state index in [2.05, 4.69) is 23.6 Å². The number of benzene rings is 1. The number of alkyl halides is 2. The third-order valence-corrected chi connectivity index (χ3v) is 11.8. The quantitative estimate of drug-likeness (QED) is 0.256. The highest BCUT2D eigenvalue weighted by Gasteiger charge is 2.59. The number of fused-ring (bicyclic) bond motifs is 5. The zero-order valence-electron chi connectivity index (χ0n) is 24.0. The van der Waals surface area contributed by atoms with Gasteiger partial charge in [-0.15, -0.1) is 23.2 Å². The molecule has 1 aromatic rings. The van der Waals surface area contributed by atoms with Crippen LogP contribution < -0.4 is 4.90 Å². The van der Waals surface area contributed by atoms with Gasteiger partial charge in [-0.05, 0) is 105 Å². The van der Waals surface area contributed by atoms with E-state index in [1.165, 1.54) is 19.3 Å². The zero-order valence-corrected chi connectivity index (χ0v) is 25.5. The molecular formula is C32H46Cl2N2O3. The van der Waals surface area contributed by atoms with Crippen molar-refractivity contribution in [1.82, 2.24) is 4.90 Å². The van der Waals surface area contributed by atoms with Gasteiger partial charge in [0.1, 0.15) is 6.10 Å². The minimum Gasteiger partial charge on any atom is -0.462 e. The molecule has 5 rings (SSSR count). The van der Waals surface area contributed by atoms with E-state index in [9.17, 15) is 9.59 Å². The normalized spacial score (nSPS) is 36.0. The molecule has 0 aromatic heterocycles. The number of hydrogen-bond donors (Lipinski definition) is 0. The molecule has 3 saturated carbocycles. The summed E-state index contributed by atoms with van der Waals surface area (Å²) in [6, 6.07) is 8.11. The topological polar surface area (TPSA) is 49.9 Å². The monoisotopic (exact) mass is 576 g/mol. The summed E-state index contributed by atoms with van der Waals surface area (Å²) in [5, 5.41) is 0. The summed E-state index contributed by atoms with van der Waals surface area (Å²) in [5.41, 5.74) is 2.39. The molecule has 1 amide bonds. The molecule has 1 aliphatic heterocycles. The van der Waals surface area contributed by atoms with E-state index in [1.807, 2.05) is 31.3 Å². The lowest BCUT2D eigenvalue weighted by atomic mass is 9.45. The van der Waals surface area contributed by atoms with Gasteiger partial charge < -0.3 is 14.5 Å². The molecule has 39 heavy (non-hydrogen) atoms. The Morgan fingerprint density at radius 2 is 1.72 bits per heavy atom. The van der Waals surface area contributed by atoms with Gasteiger partial charge in [0.05, 0.1) is 6.42 Å². The smallest absolute Gasteiger partial charge is 0.310 e. The molecule has 1 saturated heterocycles. The highest BCUT2D eigenvalue weighted by atomic mass is 35.5. The van der Waals surface area contributed by atoms with Gasteiger partial charge in [0, 0.05) is 49.5 Å². The van der Waals surface area contributed by atoms with E-state index >= 15 is 0 Å². The first-order chi connectivity index (χ1) is 18.7. The zero-order chi connectivity index (χ0) is 27.8. The lowest BCUT2D eigenvalue weighted by molar-refractivity contribution is -0.172. The van der Waals surface area contributed by atoms with Crippen LogP contribution in [-0.2, 0) is 20.7 Å². The van der Waals surface area contributed by atoms with Gasteiger partial charge in [0.25, 0.3) is 0 Å². The number of esters is 1.